The van der Waals surface area contributed by atoms with E-state index < -0.39 is 5.60 Å². The van der Waals surface area contributed by atoms with Gasteiger partial charge in [0.25, 0.3) is 0 Å². The van der Waals surface area contributed by atoms with Crippen molar-refractivity contribution in [3.8, 4) is 0 Å². The molecule has 3 saturated heterocycles. The molecule has 0 aliphatic carbocycles. The van der Waals surface area contributed by atoms with Crippen LogP contribution in [-0.4, -0.2) is 84.2 Å². The average Bonchev–Trinajstić information content (AvgIpc) is 2.98. The summed E-state index contributed by atoms with van der Waals surface area (Å²) in [6.07, 6.45) is 4.32. The van der Waals surface area contributed by atoms with Gasteiger partial charge in [-0.1, -0.05) is 0 Å². The van der Waals surface area contributed by atoms with Crippen LogP contribution in [0.5, 0.6) is 0 Å². The molecule has 0 aromatic heterocycles. The second kappa shape index (κ2) is 8.01. The lowest BCUT2D eigenvalue weighted by atomic mass is 9.96. The molecule has 3 aliphatic heterocycles. The summed E-state index contributed by atoms with van der Waals surface area (Å²) in [6, 6.07) is 0.255. The van der Waals surface area contributed by atoms with Crippen molar-refractivity contribution < 1.29 is 14.7 Å². The molecule has 0 aromatic rings. The van der Waals surface area contributed by atoms with Crippen molar-refractivity contribution in [3.05, 3.63) is 0 Å². The number of hydrogen-bond donors (Lipinski definition) is 3. The van der Waals surface area contributed by atoms with Crippen LogP contribution in [0.25, 0.3) is 0 Å². The second-order valence-corrected chi connectivity index (χ2v) is 8.01. The molecular formula is C18H32N4O3. The zero-order valence-electron chi connectivity index (χ0n) is 15.3. The SMILES string of the molecule is CC(=O)NC1CCN(C[C@]2(O)CCN(C(=O)C3CCNCC3)C2)CC1. The fourth-order valence-corrected chi connectivity index (χ4v) is 4.44. The largest absolute Gasteiger partial charge is 0.387 e. The number of aliphatic hydroxyl groups is 1. The van der Waals surface area contributed by atoms with Crippen molar-refractivity contribution in [2.75, 3.05) is 45.8 Å². The molecule has 7 heteroatoms. The highest BCUT2D eigenvalue weighted by Gasteiger charge is 2.41. The van der Waals surface area contributed by atoms with Gasteiger partial charge in [-0.3, -0.25) is 9.59 Å². The third kappa shape index (κ3) is 4.92. The minimum atomic E-state index is -0.788. The summed E-state index contributed by atoms with van der Waals surface area (Å²) in [4.78, 5) is 28.0. The molecule has 0 radical (unpaired) electrons. The van der Waals surface area contributed by atoms with E-state index in [1.807, 2.05) is 4.90 Å². The highest BCUT2D eigenvalue weighted by atomic mass is 16.3. The van der Waals surface area contributed by atoms with E-state index in [0.717, 1.165) is 51.9 Å². The standard InChI is InChI=1S/C18H32N4O3/c1-14(23)20-16-4-9-21(10-5-16)12-18(25)6-11-22(13-18)17(24)15-2-7-19-8-3-15/h15-16,19,25H,2-13H2,1H3,(H,20,23)/t18-/m1/s1. The fourth-order valence-electron chi connectivity index (χ4n) is 4.44. The predicted octanol–water partition coefficient (Wildman–Crippen LogP) is -0.450. The van der Waals surface area contributed by atoms with E-state index in [2.05, 4.69) is 15.5 Å². The number of carbonyl (C=O) groups excluding carboxylic acids is 2. The lowest BCUT2D eigenvalue weighted by molar-refractivity contribution is -0.136. The fraction of sp³-hybridized carbons (Fsp3) is 0.889. The average molecular weight is 352 g/mol. The van der Waals surface area contributed by atoms with Gasteiger partial charge in [-0.25, -0.2) is 0 Å². The highest BCUT2D eigenvalue weighted by molar-refractivity contribution is 5.79. The van der Waals surface area contributed by atoms with Crippen LogP contribution in [0.2, 0.25) is 0 Å². The summed E-state index contributed by atoms with van der Waals surface area (Å²) in [5.41, 5.74) is -0.788. The maximum atomic E-state index is 12.7. The molecule has 0 unspecified atom stereocenters. The third-order valence-electron chi connectivity index (χ3n) is 5.85. The van der Waals surface area contributed by atoms with Gasteiger partial charge in [0.05, 0.1) is 12.1 Å². The zero-order valence-corrected chi connectivity index (χ0v) is 15.3. The Hall–Kier alpha value is -1.18. The molecule has 142 valence electrons. The molecule has 7 nitrogen and oxygen atoms in total. The number of nitrogens with zero attached hydrogens (tertiary/aromatic N) is 2. The Balaban J connectivity index is 1.45. The maximum Gasteiger partial charge on any atom is 0.225 e. The molecule has 3 heterocycles. The van der Waals surface area contributed by atoms with Crippen molar-refractivity contribution in [1.29, 1.82) is 0 Å². The number of β-amino-alcohol motifs (C(OH)–C–C–N with tert-alkyl or cyclic N) is 1. The minimum absolute atomic E-state index is 0.0277. The number of likely N-dealkylation sites (tertiary alicyclic amines) is 2. The van der Waals surface area contributed by atoms with Crippen LogP contribution in [0.1, 0.15) is 39.0 Å². The van der Waals surface area contributed by atoms with Crippen LogP contribution >= 0.6 is 0 Å². The van der Waals surface area contributed by atoms with Crippen molar-refractivity contribution >= 4 is 11.8 Å². The van der Waals surface area contributed by atoms with Crippen LogP contribution in [0.3, 0.4) is 0 Å². The van der Waals surface area contributed by atoms with Crippen LogP contribution < -0.4 is 10.6 Å². The Morgan fingerprint density at radius 3 is 2.48 bits per heavy atom. The van der Waals surface area contributed by atoms with E-state index >= 15 is 0 Å². The van der Waals surface area contributed by atoms with Gasteiger partial charge in [-0.15, -0.1) is 0 Å². The van der Waals surface area contributed by atoms with Crippen molar-refractivity contribution in [1.82, 2.24) is 20.4 Å². The molecule has 2 amide bonds. The zero-order chi connectivity index (χ0) is 17.9. The molecule has 0 aromatic carbocycles. The second-order valence-electron chi connectivity index (χ2n) is 8.01. The monoisotopic (exact) mass is 352 g/mol. The van der Waals surface area contributed by atoms with Gasteiger partial charge in [0.1, 0.15) is 0 Å². The van der Waals surface area contributed by atoms with E-state index in [9.17, 15) is 14.7 Å². The Morgan fingerprint density at radius 1 is 1.16 bits per heavy atom. The van der Waals surface area contributed by atoms with Crippen LogP contribution in [0.15, 0.2) is 0 Å². The maximum absolute atomic E-state index is 12.7. The molecule has 0 spiro atoms. The number of piperidine rings is 2. The molecular weight excluding hydrogens is 320 g/mol. The summed E-state index contributed by atoms with van der Waals surface area (Å²) in [5.74, 6) is 0.374. The quantitative estimate of drug-likeness (QED) is 0.638. The number of amides is 2. The first-order chi connectivity index (χ1) is 12.0. The van der Waals surface area contributed by atoms with Crippen LogP contribution in [0.4, 0.5) is 0 Å². The number of nitrogens with one attached hydrogen (secondary N) is 2. The summed E-state index contributed by atoms with van der Waals surface area (Å²) in [5, 5.41) is 17.2. The number of carbonyl (C=O) groups is 2. The van der Waals surface area contributed by atoms with Crippen molar-refractivity contribution in [2.24, 2.45) is 5.92 Å². The Kier molecular flexibility index (Phi) is 5.96. The van der Waals surface area contributed by atoms with Crippen molar-refractivity contribution in [3.63, 3.8) is 0 Å². The van der Waals surface area contributed by atoms with Gasteiger partial charge in [0.15, 0.2) is 0 Å². The first kappa shape index (κ1) is 18.6. The first-order valence-electron chi connectivity index (χ1n) is 9.66. The molecule has 0 bridgehead atoms. The van der Waals surface area contributed by atoms with E-state index in [0.29, 0.717) is 26.1 Å². The lowest BCUT2D eigenvalue weighted by Crippen LogP contribution is -2.51. The third-order valence-corrected chi connectivity index (χ3v) is 5.85. The van der Waals surface area contributed by atoms with Gasteiger partial charge in [-0.05, 0) is 45.2 Å². The summed E-state index contributed by atoms with van der Waals surface area (Å²) >= 11 is 0. The Labute approximate surface area is 150 Å². The van der Waals surface area contributed by atoms with Gasteiger partial charge in [0.2, 0.25) is 11.8 Å². The normalized spacial score (nSPS) is 29.8. The van der Waals surface area contributed by atoms with Crippen LogP contribution in [-0.2, 0) is 9.59 Å². The smallest absolute Gasteiger partial charge is 0.225 e. The van der Waals surface area contributed by atoms with Crippen molar-refractivity contribution in [2.45, 2.75) is 50.7 Å². The summed E-state index contributed by atoms with van der Waals surface area (Å²) in [7, 11) is 0. The van der Waals surface area contributed by atoms with E-state index in [4.69, 9.17) is 0 Å². The van der Waals surface area contributed by atoms with Gasteiger partial charge >= 0.3 is 0 Å². The van der Waals surface area contributed by atoms with Gasteiger partial charge < -0.3 is 25.5 Å². The highest BCUT2D eigenvalue weighted by Crippen LogP contribution is 2.27. The summed E-state index contributed by atoms with van der Waals surface area (Å²) < 4.78 is 0. The summed E-state index contributed by atoms with van der Waals surface area (Å²) in [6.45, 7) is 6.90. The van der Waals surface area contributed by atoms with Gasteiger partial charge in [0, 0.05) is 45.1 Å². The number of hydrogen-bond acceptors (Lipinski definition) is 5. The minimum Gasteiger partial charge on any atom is -0.387 e. The van der Waals surface area contributed by atoms with E-state index in [1.165, 1.54) is 0 Å². The number of rotatable bonds is 4. The Bertz CT molecular complexity index is 487. The topological polar surface area (TPSA) is 84.9 Å². The molecule has 3 aliphatic rings. The van der Waals surface area contributed by atoms with E-state index in [1.54, 1.807) is 6.92 Å². The van der Waals surface area contributed by atoms with Crippen LogP contribution in [0, 0.1) is 5.92 Å². The Morgan fingerprint density at radius 2 is 1.84 bits per heavy atom. The molecule has 0 saturated carbocycles. The van der Waals surface area contributed by atoms with E-state index in [-0.39, 0.29) is 23.8 Å². The lowest BCUT2D eigenvalue weighted by Gasteiger charge is -2.36. The molecule has 3 N–H and O–H groups in total. The molecule has 3 rings (SSSR count). The molecule has 3 fully saturated rings. The molecule has 1 atom stereocenters. The first-order valence-corrected chi connectivity index (χ1v) is 9.66. The van der Waals surface area contributed by atoms with Gasteiger partial charge in [-0.2, -0.15) is 0 Å². The molecule has 25 heavy (non-hydrogen) atoms. The predicted molar refractivity (Wildman–Crippen MR) is 95.0 cm³/mol.